The maximum atomic E-state index is 10.8. The van der Waals surface area contributed by atoms with Crippen molar-refractivity contribution in [3.63, 3.8) is 0 Å². The van der Waals surface area contributed by atoms with Crippen LogP contribution < -0.4 is 0 Å². The van der Waals surface area contributed by atoms with Gasteiger partial charge in [0.15, 0.2) is 5.65 Å². The van der Waals surface area contributed by atoms with Gasteiger partial charge in [0.05, 0.1) is 12.7 Å². The van der Waals surface area contributed by atoms with Gasteiger partial charge in [-0.1, -0.05) is 6.07 Å². The van der Waals surface area contributed by atoms with Crippen LogP contribution in [-0.2, 0) is 17.8 Å². The third kappa shape index (κ3) is 2.74. The third-order valence-corrected chi connectivity index (χ3v) is 4.71. The molecule has 0 aliphatic heterocycles. The monoisotopic (exact) mass is 315 g/mol. The van der Waals surface area contributed by atoms with Gasteiger partial charge in [0.25, 0.3) is 0 Å². The molecule has 5 nitrogen and oxygen atoms in total. The fourth-order valence-electron chi connectivity index (χ4n) is 2.69. The van der Waals surface area contributed by atoms with E-state index in [0.717, 1.165) is 27.9 Å². The van der Waals surface area contributed by atoms with Crippen molar-refractivity contribution in [2.24, 2.45) is 0 Å². The first-order valence-electron chi connectivity index (χ1n) is 7.12. The first-order chi connectivity index (χ1) is 10.6. The average Bonchev–Trinajstić information content (AvgIpc) is 3.09. The summed E-state index contributed by atoms with van der Waals surface area (Å²) in [5.74, 6) is -0.785. The summed E-state index contributed by atoms with van der Waals surface area (Å²) in [6.07, 6.45) is 2.46. The lowest BCUT2D eigenvalue weighted by Gasteiger charge is -2.10. The molecule has 3 aromatic rings. The second-order valence-corrected chi connectivity index (χ2v) is 6.35. The van der Waals surface area contributed by atoms with E-state index in [2.05, 4.69) is 21.5 Å². The van der Waals surface area contributed by atoms with E-state index in [4.69, 9.17) is 5.11 Å². The zero-order chi connectivity index (χ0) is 15.7. The fraction of sp³-hybridized carbons (Fsp3) is 0.312. The van der Waals surface area contributed by atoms with Crippen LogP contribution in [0.25, 0.3) is 11.0 Å². The van der Waals surface area contributed by atoms with E-state index in [1.165, 1.54) is 4.88 Å². The van der Waals surface area contributed by atoms with Gasteiger partial charge in [-0.2, -0.15) is 5.10 Å². The molecule has 6 heteroatoms. The number of aliphatic carboxylic acids is 1. The van der Waals surface area contributed by atoms with Crippen LogP contribution in [0, 0.1) is 13.8 Å². The van der Waals surface area contributed by atoms with Gasteiger partial charge >= 0.3 is 5.97 Å². The van der Waals surface area contributed by atoms with Crippen LogP contribution in [0.15, 0.2) is 23.7 Å². The SMILES string of the molecule is Cc1nc2c(cnn2Cc2cccs2)c(C)c1CCC(=O)O. The maximum Gasteiger partial charge on any atom is 0.303 e. The van der Waals surface area contributed by atoms with Crippen molar-refractivity contribution in [1.82, 2.24) is 14.8 Å². The molecule has 0 fully saturated rings. The van der Waals surface area contributed by atoms with E-state index in [1.54, 1.807) is 11.3 Å². The number of carboxylic acid groups (broad SMARTS) is 1. The summed E-state index contributed by atoms with van der Waals surface area (Å²) in [7, 11) is 0. The molecule has 0 atom stereocenters. The highest BCUT2D eigenvalue weighted by Gasteiger charge is 2.14. The molecule has 0 aromatic carbocycles. The Hall–Kier alpha value is -2.21. The number of thiophene rings is 1. The average molecular weight is 315 g/mol. The largest absolute Gasteiger partial charge is 0.481 e. The Bertz CT molecular complexity index is 822. The van der Waals surface area contributed by atoms with Crippen molar-refractivity contribution >= 4 is 28.3 Å². The molecule has 0 amide bonds. The number of fused-ring (bicyclic) bond motifs is 1. The standard InChI is InChI=1S/C16H17N3O2S/c1-10-13(5-6-15(20)21)11(2)18-16-14(10)8-17-19(16)9-12-4-3-7-22-12/h3-4,7-8H,5-6,9H2,1-2H3,(H,20,21). The Labute approximate surface area is 132 Å². The quantitative estimate of drug-likeness (QED) is 0.785. The molecule has 3 aromatic heterocycles. The maximum absolute atomic E-state index is 10.8. The fourth-order valence-corrected chi connectivity index (χ4v) is 3.37. The lowest BCUT2D eigenvalue weighted by atomic mass is 10.0. The van der Waals surface area contributed by atoms with E-state index in [1.807, 2.05) is 30.8 Å². The van der Waals surface area contributed by atoms with E-state index in [-0.39, 0.29) is 6.42 Å². The number of carboxylic acids is 1. The first-order valence-corrected chi connectivity index (χ1v) is 8.00. The summed E-state index contributed by atoms with van der Waals surface area (Å²) < 4.78 is 1.90. The van der Waals surface area contributed by atoms with Crippen molar-refractivity contribution in [3.8, 4) is 0 Å². The zero-order valence-corrected chi connectivity index (χ0v) is 13.4. The minimum Gasteiger partial charge on any atom is -0.481 e. The summed E-state index contributed by atoms with van der Waals surface area (Å²) in [6.45, 7) is 4.67. The van der Waals surface area contributed by atoms with Crippen molar-refractivity contribution in [2.45, 2.75) is 33.2 Å². The molecule has 22 heavy (non-hydrogen) atoms. The number of hydrogen-bond donors (Lipinski definition) is 1. The van der Waals surface area contributed by atoms with Crippen LogP contribution in [0.5, 0.6) is 0 Å². The number of carbonyl (C=O) groups is 1. The summed E-state index contributed by atoms with van der Waals surface area (Å²) in [5.41, 5.74) is 3.86. The van der Waals surface area contributed by atoms with Gasteiger partial charge in [0.2, 0.25) is 0 Å². The smallest absolute Gasteiger partial charge is 0.303 e. The minimum absolute atomic E-state index is 0.123. The molecule has 3 heterocycles. The van der Waals surface area contributed by atoms with Gasteiger partial charge in [0, 0.05) is 22.4 Å². The number of hydrogen-bond acceptors (Lipinski definition) is 4. The van der Waals surface area contributed by atoms with Crippen molar-refractivity contribution in [1.29, 1.82) is 0 Å². The lowest BCUT2D eigenvalue weighted by molar-refractivity contribution is -0.136. The van der Waals surface area contributed by atoms with Gasteiger partial charge in [-0.25, -0.2) is 9.67 Å². The second kappa shape index (κ2) is 5.88. The number of aryl methyl sites for hydroxylation is 2. The molecule has 114 valence electrons. The van der Waals surface area contributed by atoms with E-state index in [0.29, 0.717) is 13.0 Å². The van der Waals surface area contributed by atoms with Gasteiger partial charge in [0.1, 0.15) is 0 Å². The van der Waals surface area contributed by atoms with E-state index in [9.17, 15) is 4.79 Å². The first kappa shape index (κ1) is 14.7. The molecule has 1 N–H and O–H groups in total. The van der Waals surface area contributed by atoms with Crippen LogP contribution in [-0.4, -0.2) is 25.8 Å². The number of rotatable bonds is 5. The van der Waals surface area contributed by atoms with Crippen molar-refractivity contribution in [3.05, 3.63) is 45.4 Å². The molecule has 0 bridgehead atoms. The second-order valence-electron chi connectivity index (χ2n) is 5.31. The molecular formula is C16H17N3O2S. The minimum atomic E-state index is -0.785. The molecule has 0 unspecified atom stereocenters. The normalized spacial score (nSPS) is 11.2. The highest BCUT2D eigenvalue weighted by atomic mass is 32.1. The Morgan fingerprint density at radius 2 is 2.23 bits per heavy atom. The van der Waals surface area contributed by atoms with Crippen LogP contribution in [0.2, 0.25) is 0 Å². The van der Waals surface area contributed by atoms with Gasteiger partial charge < -0.3 is 5.11 Å². The van der Waals surface area contributed by atoms with Gasteiger partial charge in [-0.05, 0) is 42.8 Å². The third-order valence-electron chi connectivity index (χ3n) is 3.85. The molecule has 0 aliphatic rings. The lowest BCUT2D eigenvalue weighted by Crippen LogP contribution is -2.06. The van der Waals surface area contributed by atoms with Crippen LogP contribution >= 0.6 is 11.3 Å². The predicted octanol–water partition coefficient (Wildman–Crippen LogP) is 3.18. The number of pyridine rings is 1. The van der Waals surface area contributed by atoms with E-state index >= 15 is 0 Å². The topological polar surface area (TPSA) is 68.0 Å². The van der Waals surface area contributed by atoms with Crippen LogP contribution in [0.4, 0.5) is 0 Å². The van der Waals surface area contributed by atoms with Gasteiger partial charge in [-0.3, -0.25) is 4.79 Å². The molecule has 0 aliphatic carbocycles. The Morgan fingerprint density at radius 3 is 2.91 bits per heavy atom. The van der Waals surface area contributed by atoms with Gasteiger partial charge in [-0.15, -0.1) is 11.3 Å². The highest BCUT2D eigenvalue weighted by Crippen LogP contribution is 2.24. The molecule has 0 saturated heterocycles. The number of nitrogens with zero attached hydrogens (tertiary/aromatic N) is 3. The Balaban J connectivity index is 2.00. The Kier molecular flexibility index (Phi) is 3.94. The molecule has 0 saturated carbocycles. The van der Waals surface area contributed by atoms with Crippen LogP contribution in [0.3, 0.4) is 0 Å². The number of aromatic nitrogens is 3. The predicted molar refractivity (Wildman–Crippen MR) is 86.4 cm³/mol. The summed E-state index contributed by atoms with van der Waals surface area (Å²) in [4.78, 5) is 16.7. The summed E-state index contributed by atoms with van der Waals surface area (Å²) in [6, 6.07) is 4.11. The molecule has 0 spiro atoms. The molecule has 3 rings (SSSR count). The van der Waals surface area contributed by atoms with E-state index < -0.39 is 5.97 Å². The Morgan fingerprint density at radius 1 is 1.41 bits per heavy atom. The van der Waals surface area contributed by atoms with Crippen LogP contribution in [0.1, 0.15) is 28.1 Å². The molecule has 0 radical (unpaired) electrons. The summed E-state index contributed by atoms with van der Waals surface area (Å²) in [5, 5.41) is 16.4. The van der Waals surface area contributed by atoms with Crippen molar-refractivity contribution in [2.75, 3.05) is 0 Å². The summed E-state index contributed by atoms with van der Waals surface area (Å²) >= 11 is 1.70. The van der Waals surface area contributed by atoms with Crippen molar-refractivity contribution < 1.29 is 9.90 Å². The zero-order valence-electron chi connectivity index (χ0n) is 12.5. The highest BCUT2D eigenvalue weighted by molar-refractivity contribution is 7.09. The molecular weight excluding hydrogens is 298 g/mol.